The van der Waals surface area contributed by atoms with Gasteiger partial charge in [0.15, 0.2) is 0 Å². The topological polar surface area (TPSA) is 62.2 Å². The number of fused-ring (bicyclic) bond motifs is 1. The highest BCUT2D eigenvalue weighted by atomic mass is 16.3. The number of carbonyl (C=O) groups excluding carboxylic acids is 1. The SMILES string of the molecule is O=C(Cc1cccc(O)c1)Nc1cccc2cccnc12. The van der Waals surface area contributed by atoms with Crippen molar-refractivity contribution in [2.24, 2.45) is 0 Å². The fourth-order valence-corrected chi connectivity index (χ4v) is 2.25. The van der Waals surface area contributed by atoms with Crippen molar-refractivity contribution in [3.05, 3.63) is 66.4 Å². The first-order valence-corrected chi connectivity index (χ1v) is 6.64. The standard InChI is InChI=1S/C17H14N2O2/c20-14-7-1-4-12(10-14)11-16(21)19-15-8-2-5-13-6-3-9-18-17(13)15/h1-10,20H,11H2,(H,19,21). The molecule has 0 aliphatic heterocycles. The van der Waals surface area contributed by atoms with Gasteiger partial charge < -0.3 is 10.4 Å². The average Bonchev–Trinajstić information content (AvgIpc) is 2.47. The van der Waals surface area contributed by atoms with E-state index in [1.54, 1.807) is 30.5 Å². The predicted octanol–water partition coefficient (Wildman–Crippen LogP) is 3.12. The Morgan fingerprint density at radius 2 is 1.90 bits per heavy atom. The highest BCUT2D eigenvalue weighted by molar-refractivity contribution is 6.00. The van der Waals surface area contributed by atoms with Gasteiger partial charge in [-0.3, -0.25) is 9.78 Å². The molecule has 0 fully saturated rings. The molecule has 0 bridgehead atoms. The lowest BCUT2D eigenvalue weighted by Crippen LogP contribution is -2.14. The van der Waals surface area contributed by atoms with E-state index in [9.17, 15) is 9.90 Å². The van der Waals surface area contributed by atoms with Gasteiger partial charge in [0, 0.05) is 11.6 Å². The largest absolute Gasteiger partial charge is 0.508 e. The third kappa shape index (κ3) is 3.00. The average molecular weight is 278 g/mol. The number of nitrogens with zero attached hydrogens (tertiary/aromatic N) is 1. The summed E-state index contributed by atoms with van der Waals surface area (Å²) in [6, 6.07) is 16.2. The summed E-state index contributed by atoms with van der Waals surface area (Å²) in [6.07, 6.45) is 1.91. The Hall–Kier alpha value is -2.88. The van der Waals surface area contributed by atoms with E-state index in [2.05, 4.69) is 10.3 Å². The highest BCUT2D eigenvalue weighted by Crippen LogP contribution is 2.21. The Morgan fingerprint density at radius 3 is 2.76 bits per heavy atom. The molecule has 4 heteroatoms. The van der Waals surface area contributed by atoms with Gasteiger partial charge >= 0.3 is 0 Å². The van der Waals surface area contributed by atoms with Crippen LogP contribution in [0.2, 0.25) is 0 Å². The van der Waals surface area contributed by atoms with Crippen LogP contribution in [0.3, 0.4) is 0 Å². The molecule has 0 saturated heterocycles. The lowest BCUT2D eigenvalue weighted by atomic mass is 10.1. The smallest absolute Gasteiger partial charge is 0.228 e. The summed E-state index contributed by atoms with van der Waals surface area (Å²) < 4.78 is 0. The number of rotatable bonds is 3. The molecule has 0 radical (unpaired) electrons. The molecule has 0 saturated carbocycles. The number of benzene rings is 2. The second-order valence-corrected chi connectivity index (χ2v) is 4.78. The predicted molar refractivity (Wildman–Crippen MR) is 82.2 cm³/mol. The maximum absolute atomic E-state index is 12.1. The number of nitrogens with one attached hydrogen (secondary N) is 1. The Balaban J connectivity index is 1.80. The second kappa shape index (κ2) is 5.63. The number of hydrogen-bond acceptors (Lipinski definition) is 3. The van der Waals surface area contributed by atoms with Crippen molar-refractivity contribution in [3.63, 3.8) is 0 Å². The van der Waals surface area contributed by atoms with Crippen LogP contribution in [0.1, 0.15) is 5.56 Å². The van der Waals surface area contributed by atoms with Gasteiger partial charge in [0.1, 0.15) is 5.75 Å². The van der Waals surface area contributed by atoms with Crippen molar-refractivity contribution in [1.82, 2.24) is 4.98 Å². The van der Waals surface area contributed by atoms with E-state index in [-0.39, 0.29) is 18.1 Å². The van der Waals surface area contributed by atoms with Gasteiger partial charge in [-0.2, -0.15) is 0 Å². The van der Waals surface area contributed by atoms with Gasteiger partial charge in [-0.05, 0) is 29.8 Å². The van der Waals surface area contributed by atoms with E-state index >= 15 is 0 Å². The Kier molecular flexibility index (Phi) is 3.51. The summed E-state index contributed by atoms with van der Waals surface area (Å²) >= 11 is 0. The van der Waals surface area contributed by atoms with E-state index in [1.807, 2.05) is 30.3 Å². The Morgan fingerprint density at radius 1 is 1.10 bits per heavy atom. The third-order valence-corrected chi connectivity index (χ3v) is 3.18. The van der Waals surface area contributed by atoms with Crippen LogP contribution in [0, 0.1) is 0 Å². The Bertz CT molecular complexity index is 794. The molecule has 0 aliphatic carbocycles. The zero-order valence-corrected chi connectivity index (χ0v) is 11.3. The zero-order valence-electron chi connectivity index (χ0n) is 11.3. The molecular formula is C17H14N2O2. The van der Waals surface area contributed by atoms with E-state index in [0.717, 1.165) is 16.5 Å². The quantitative estimate of drug-likeness (QED) is 0.773. The van der Waals surface area contributed by atoms with Crippen LogP contribution in [0.4, 0.5) is 5.69 Å². The summed E-state index contributed by atoms with van der Waals surface area (Å²) in [5.74, 6) is 0.0193. The number of phenols is 1. The number of aromatic nitrogens is 1. The first-order valence-electron chi connectivity index (χ1n) is 6.64. The van der Waals surface area contributed by atoms with Crippen LogP contribution in [0.15, 0.2) is 60.8 Å². The van der Waals surface area contributed by atoms with Crippen LogP contribution in [-0.2, 0) is 11.2 Å². The molecule has 0 atom stereocenters. The Labute approximate surface area is 122 Å². The number of carbonyl (C=O) groups is 1. The fourth-order valence-electron chi connectivity index (χ4n) is 2.25. The van der Waals surface area contributed by atoms with Crippen LogP contribution in [0.5, 0.6) is 5.75 Å². The van der Waals surface area contributed by atoms with Crippen molar-refractivity contribution in [3.8, 4) is 5.75 Å². The molecule has 0 spiro atoms. The number of para-hydroxylation sites is 1. The first-order chi connectivity index (χ1) is 10.2. The summed E-state index contributed by atoms with van der Waals surface area (Å²) in [7, 11) is 0. The molecule has 1 amide bonds. The lowest BCUT2D eigenvalue weighted by Gasteiger charge is -2.08. The van der Waals surface area contributed by atoms with E-state index in [4.69, 9.17) is 0 Å². The van der Waals surface area contributed by atoms with Crippen LogP contribution in [-0.4, -0.2) is 16.0 Å². The number of hydrogen-bond donors (Lipinski definition) is 2. The van der Waals surface area contributed by atoms with Crippen molar-refractivity contribution in [2.75, 3.05) is 5.32 Å². The van der Waals surface area contributed by atoms with E-state index < -0.39 is 0 Å². The fraction of sp³-hybridized carbons (Fsp3) is 0.0588. The summed E-state index contributed by atoms with van der Waals surface area (Å²) in [6.45, 7) is 0. The molecule has 4 nitrogen and oxygen atoms in total. The minimum Gasteiger partial charge on any atom is -0.508 e. The third-order valence-electron chi connectivity index (χ3n) is 3.18. The number of amides is 1. The monoisotopic (exact) mass is 278 g/mol. The number of anilines is 1. The number of aromatic hydroxyl groups is 1. The molecule has 2 aromatic carbocycles. The second-order valence-electron chi connectivity index (χ2n) is 4.78. The summed E-state index contributed by atoms with van der Waals surface area (Å²) in [4.78, 5) is 16.4. The molecule has 3 aromatic rings. The van der Waals surface area contributed by atoms with Crippen LogP contribution < -0.4 is 5.32 Å². The summed E-state index contributed by atoms with van der Waals surface area (Å²) in [5, 5.41) is 13.3. The first kappa shape index (κ1) is 13.1. The van der Waals surface area contributed by atoms with Crippen LogP contribution >= 0.6 is 0 Å². The van der Waals surface area contributed by atoms with Gasteiger partial charge in [0.05, 0.1) is 17.6 Å². The molecule has 21 heavy (non-hydrogen) atoms. The number of phenolic OH excluding ortho intramolecular Hbond substituents is 1. The van der Waals surface area contributed by atoms with Gasteiger partial charge in [0.25, 0.3) is 0 Å². The maximum Gasteiger partial charge on any atom is 0.228 e. The normalized spacial score (nSPS) is 10.5. The molecule has 0 aliphatic rings. The van der Waals surface area contributed by atoms with Gasteiger partial charge in [-0.1, -0.05) is 30.3 Å². The van der Waals surface area contributed by atoms with Gasteiger partial charge in [-0.15, -0.1) is 0 Å². The zero-order chi connectivity index (χ0) is 14.7. The molecule has 2 N–H and O–H groups in total. The van der Waals surface area contributed by atoms with Crippen molar-refractivity contribution in [1.29, 1.82) is 0 Å². The van der Waals surface area contributed by atoms with Gasteiger partial charge in [0.2, 0.25) is 5.91 Å². The molecule has 1 aromatic heterocycles. The van der Waals surface area contributed by atoms with Crippen molar-refractivity contribution >= 4 is 22.5 Å². The molecule has 3 rings (SSSR count). The summed E-state index contributed by atoms with van der Waals surface area (Å²) in [5.41, 5.74) is 2.23. The maximum atomic E-state index is 12.1. The van der Waals surface area contributed by atoms with E-state index in [0.29, 0.717) is 5.69 Å². The lowest BCUT2D eigenvalue weighted by molar-refractivity contribution is -0.115. The minimum absolute atomic E-state index is 0.140. The van der Waals surface area contributed by atoms with Crippen molar-refractivity contribution in [2.45, 2.75) is 6.42 Å². The minimum atomic E-state index is -0.140. The molecular weight excluding hydrogens is 264 g/mol. The van der Waals surface area contributed by atoms with Crippen LogP contribution in [0.25, 0.3) is 10.9 Å². The molecule has 104 valence electrons. The number of pyridine rings is 1. The molecule has 1 heterocycles. The van der Waals surface area contributed by atoms with E-state index in [1.165, 1.54) is 0 Å². The molecule has 0 unspecified atom stereocenters. The van der Waals surface area contributed by atoms with Crippen molar-refractivity contribution < 1.29 is 9.90 Å². The highest BCUT2D eigenvalue weighted by Gasteiger charge is 2.07. The van der Waals surface area contributed by atoms with Gasteiger partial charge in [-0.25, -0.2) is 0 Å².